The minimum absolute atomic E-state index is 0.239. The minimum Gasteiger partial charge on any atom is -0.307 e. The number of likely N-dealkylation sites (tertiary alicyclic amines) is 1. The Labute approximate surface area is 150 Å². The van der Waals surface area contributed by atoms with Crippen LogP contribution in [0.1, 0.15) is 37.3 Å². The van der Waals surface area contributed by atoms with Gasteiger partial charge in [0.15, 0.2) is 0 Å². The van der Waals surface area contributed by atoms with Gasteiger partial charge in [-0.25, -0.2) is 0 Å². The van der Waals surface area contributed by atoms with Crippen molar-refractivity contribution in [3.63, 3.8) is 0 Å². The number of nitrogens with zero attached hydrogens (tertiary/aromatic N) is 2. The lowest BCUT2D eigenvalue weighted by atomic mass is 9.82. The molecule has 1 saturated heterocycles. The second kappa shape index (κ2) is 6.64. The fourth-order valence-electron chi connectivity index (χ4n) is 4.34. The molecule has 0 bridgehead atoms. The molecule has 4 rings (SSSR count). The van der Waals surface area contributed by atoms with Gasteiger partial charge in [0, 0.05) is 12.2 Å². The Kier molecular flexibility index (Phi) is 4.34. The van der Waals surface area contributed by atoms with Crippen molar-refractivity contribution in [2.75, 3.05) is 24.5 Å². The van der Waals surface area contributed by atoms with E-state index in [4.69, 9.17) is 0 Å². The normalized spacial score (nSPS) is 23.7. The highest BCUT2D eigenvalue weighted by Gasteiger charge is 2.47. The first-order chi connectivity index (χ1) is 12.2. The maximum Gasteiger partial charge on any atom is 0.239 e. The summed E-state index contributed by atoms with van der Waals surface area (Å²) >= 11 is 0. The third-order valence-corrected chi connectivity index (χ3v) is 5.68. The molecule has 2 heterocycles. The zero-order valence-corrected chi connectivity index (χ0v) is 14.9. The Balaban J connectivity index is 1.65. The molecule has 130 valence electrons. The van der Waals surface area contributed by atoms with Gasteiger partial charge in [0.05, 0.1) is 12.0 Å². The van der Waals surface area contributed by atoms with Crippen molar-refractivity contribution < 1.29 is 4.79 Å². The van der Waals surface area contributed by atoms with Crippen molar-refractivity contribution in [2.45, 2.75) is 38.1 Å². The summed E-state index contributed by atoms with van der Waals surface area (Å²) < 4.78 is 0. The van der Waals surface area contributed by atoms with Crippen molar-refractivity contribution in [1.29, 1.82) is 0 Å². The topological polar surface area (TPSA) is 23.6 Å². The van der Waals surface area contributed by atoms with Crippen LogP contribution in [0.25, 0.3) is 0 Å². The molecule has 0 aromatic heterocycles. The van der Waals surface area contributed by atoms with Gasteiger partial charge >= 0.3 is 0 Å². The van der Waals surface area contributed by atoms with Crippen LogP contribution < -0.4 is 4.90 Å². The summed E-state index contributed by atoms with van der Waals surface area (Å²) in [5.41, 5.74) is 2.99. The minimum atomic E-state index is -0.442. The molecule has 0 unspecified atom stereocenters. The predicted molar refractivity (Wildman–Crippen MR) is 102 cm³/mol. The van der Waals surface area contributed by atoms with E-state index in [2.05, 4.69) is 42.2 Å². The van der Waals surface area contributed by atoms with Crippen molar-refractivity contribution in [1.82, 2.24) is 4.90 Å². The Bertz CT molecular complexity index is 752. The molecular formula is C22H26N2O. The molecule has 0 N–H and O–H groups in total. The van der Waals surface area contributed by atoms with Gasteiger partial charge in [-0.15, -0.1) is 0 Å². The summed E-state index contributed by atoms with van der Waals surface area (Å²) in [5, 5.41) is 0. The van der Waals surface area contributed by atoms with Crippen molar-refractivity contribution >= 4 is 11.6 Å². The molecule has 25 heavy (non-hydrogen) atoms. The second-order valence-electron chi connectivity index (χ2n) is 7.56. The Morgan fingerprint density at radius 2 is 1.60 bits per heavy atom. The van der Waals surface area contributed by atoms with Crippen LogP contribution in [0, 0.1) is 0 Å². The number of carbonyl (C=O) groups is 1. The number of fused-ring (bicyclic) bond motifs is 1. The van der Waals surface area contributed by atoms with Crippen molar-refractivity contribution in [2.24, 2.45) is 0 Å². The molecule has 0 saturated carbocycles. The summed E-state index contributed by atoms with van der Waals surface area (Å²) in [6, 6.07) is 18.6. The summed E-state index contributed by atoms with van der Waals surface area (Å²) in [6.45, 7) is 5.83. The number of hydrogen-bond acceptors (Lipinski definition) is 2. The maximum absolute atomic E-state index is 13.5. The van der Waals surface area contributed by atoms with E-state index in [1.54, 1.807) is 0 Å². The third-order valence-electron chi connectivity index (χ3n) is 5.68. The van der Waals surface area contributed by atoms with Crippen LogP contribution in [0.4, 0.5) is 5.69 Å². The fraction of sp³-hybridized carbons (Fsp3) is 0.409. The molecule has 2 aliphatic rings. The van der Waals surface area contributed by atoms with Crippen LogP contribution in [0.15, 0.2) is 54.6 Å². The molecule has 3 heteroatoms. The zero-order chi connectivity index (χ0) is 17.3. The van der Waals surface area contributed by atoms with Crippen LogP contribution in [-0.4, -0.2) is 30.4 Å². The molecule has 1 atom stereocenters. The number of rotatable bonds is 4. The van der Waals surface area contributed by atoms with Crippen molar-refractivity contribution in [3.05, 3.63) is 65.7 Å². The summed E-state index contributed by atoms with van der Waals surface area (Å²) in [7, 11) is 0. The largest absolute Gasteiger partial charge is 0.307 e. The average molecular weight is 334 g/mol. The number of anilines is 1. The monoisotopic (exact) mass is 334 g/mol. The van der Waals surface area contributed by atoms with Gasteiger partial charge in [0.25, 0.3) is 0 Å². The number of piperidine rings is 1. The van der Waals surface area contributed by atoms with Gasteiger partial charge in [-0.1, -0.05) is 55.0 Å². The van der Waals surface area contributed by atoms with Gasteiger partial charge in [0.2, 0.25) is 5.91 Å². The first-order valence-corrected chi connectivity index (χ1v) is 9.36. The van der Waals surface area contributed by atoms with E-state index in [0.717, 1.165) is 25.3 Å². The van der Waals surface area contributed by atoms with Gasteiger partial charge in [-0.3, -0.25) is 4.79 Å². The van der Waals surface area contributed by atoms with Gasteiger partial charge in [0.1, 0.15) is 0 Å². The molecule has 2 aromatic rings. The van der Waals surface area contributed by atoms with Crippen LogP contribution in [-0.2, 0) is 16.8 Å². The van der Waals surface area contributed by atoms with Gasteiger partial charge in [-0.05, 0) is 50.0 Å². The maximum atomic E-state index is 13.5. The Hall–Kier alpha value is -2.13. The average Bonchev–Trinajstić information content (AvgIpc) is 2.86. The highest BCUT2D eigenvalue weighted by atomic mass is 16.2. The first-order valence-electron chi connectivity index (χ1n) is 9.36. The van der Waals surface area contributed by atoms with E-state index in [9.17, 15) is 4.79 Å². The third kappa shape index (κ3) is 2.98. The lowest BCUT2D eigenvalue weighted by molar-refractivity contribution is -0.123. The Morgan fingerprint density at radius 3 is 2.36 bits per heavy atom. The van der Waals surface area contributed by atoms with E-state index in [0.29, 0.717) is 6.54 Å². The standard InChI is InChI=1S/C22H26N2O/c1-22(17-23-14-8-3-9-15-23)19-12-6-7-13-20(19)24(21(22)25)16-18-10-4-2-5-11-18/h2,4-7,10-13H,3,8-9,14-17H2,1H3/t22-/m0/s1. The zero-order valence-electron chi connectivity index (χ0n) is 14.9. The second-order valence-corrected chi connectivity index (χ2v) is 7.56. The molecule has 0 spiro atoms. The smallest absolute Gasteiger partial charge is 0.239 e. The lowest BCUT2D eigenvalue weighted by Crippen LogP contribution is -2.47. The molecule has 3 nitrogen and oxygen atoms in total. The Morgan fingerprint density at radius 1 is 0.920 bits per heavy atom. The number of para-hydroxylation sites is 1. The molecular weight excluding hydrogens is 308 g/mol. The number of carbonyl (C=O) groups excluding carboxylic acids is 1. The van der Waals surface area contributed by atoms with Crippen LogP contribution >= 0.6 is 0 Å². The molecule has 2 aliphatic heterocycles. The van der Waals surface area contributed by atoms with E-state index < -0.39 is 5.41 Å². The summed E-state index contributed by atoms with van der Waals surface area (Å²) in [4.78, 5) is 17.9. The molecule has 1 amide bonds. The number of hydrogen-bond donors (Lipinski definition) is 0. The lowest BCUT2D eigenvalue weighted by Gasteiger charge is -2.34. The van der Waals surface area contributed by atoms with Gasteiger partial charge < -0.3 is 9.80 Å². The van der Waals surface area contributed by atoms with E-state index >= 15 is 0 Å². The van der Waals surface area contributed by atoms with Crippen LogP contribution in [0.5, 0.6) is 0 Å². The first kappa shape index (κ1) is 16.3. The fourth-order valence-corrected chi connectivity index (χ4v) is 4.34. The van der Waals surface area contributed by atoms with E-state index in [1.807, 2.05) is 29.2 Å². The summed E-state index contributed by atoms with van der Waals surface area (Å²) in [5.74, 6) is 0.239. The predicted octanol–water partition coefficient (Wildman–Crippen LogP) is 3.98. The number of amides is 1. The summed E-state index contributed by atoms with van der Waals surface area (Å²) in [6.07, 6.45) is 3.82. The highest BCUT2D eigenvalue weighted by Crippen LogP contribution is 2.43. The molecule has 1 fully saturated rings. The molecule has 2 aromatic carbocycles. The SMILES string of the molecule is C[C@@]1(CN2CCCCC2)C(=O)N(Cc2ccccc2)c2ccccc21. The van der Waals surface area contributed by atoms with Crippen molar-refractivity contribution in [3.8, 4) is 0 Å². The highest BCUT2D eigenvalue weighted by molar-refractivity contribution is 6.08. The van der Waals surface area contributed by atoms with Gasteiger partial charge in [-0.2, -0.15) is 0 Å². The van der Waals surface area contributed by atoms with Crippen LogP contribution in [0.3, 0.4) is 0 Å². The van der Waals surface area contributed by atoms with E-state index in [-0.39, 0.29) is 5.91 Å². The van der Waals surface area contributed by atoms with Crippen LogP contribution in [0.2, 0.25) is 0 Å². The van der Waals surface area contributed by atoms with E-state index in [1.165, 1.54) is 30.4 Å². The number of benzene rings is 2. The molecule has 0 aliphatic carbocycles. The quantitative estimate of drug-likeness (QED) is 0.844. The molecule has 0 radical (unpaired) electrons.